The van der Waals surface area contributed by atoms with Crippen LogP contribution in [0.1, 0.15) is 13.8 Å². The molecular formula is C11H19N5O2. The molecule has 0 amide bonds. The van der Waals surface area contributed by atoms with E-state index < -0.39 is 0 Å². The van der Waals surface area contributed by atoms with Gasteiger partial charge in [-0.1, -0.05) is 12.1 Å². The molecule has 1 aromatic heterocycles. The highest BCUT2D eigenvalue weighted by atomic mass is 16.4. The lowest BCUT2D eigenvalue weighted by atomic mass is 10.1. The molecular weight excluding hydrogens is 234 g/mol. The van der Waals surface area contributed by atoms with E-state index in [0.29, 0.717) is 18.9 Å². The van der Waals surface area contributed by atoms with Crippen molar-refractivity contribution < 1.29 is 5.21 Å². The van der Waals surface area contributed by atoms with Crippen LogP contribution >= 0.6 is 0 Å². The fourth-order valence-electron chi connectivity index (χ4n) is 1.59. The van der Waals surface area contributed by atoms with Crippen molar-refractivity contribution in [3.05, 3.63) is 22.7 Å². The largest absolute Gasteiger partial charge is 0.409 e. The van der Waals surface area contributed by atoms with Gasteiger partial charge in [-0.25, -0.2) is 4.98 Å². The summed E-state index contributed by atoms with van der Waals surface area (Å²) in [6.45, 7) is 4.84. The molecule has 0 aliphatic rings. The zero-order valence-corrected chi connectivity index (χ0v) is 10.9. The minimum Gasteiger partial charge on any atom is -0.409 e. The third-order valence-corrected chi connectivity index (χ3v) is 2.79. The first-order chi connectivity index (χ1) is 8.51. The highest BCUT2D eigenvalue weighted by molar-refractivity contribution is 5.82. The first-order valence-electron chi connectivity index (χ1n) is 5.75. The Morgan fingerprint density at radius 1 is 1.72 bits per heavy atom. The summed E-state index contributed by atoms with van der Waals surface area (Å²) in [7, 11) is 1.67. The summed E-state index contributed by atoms with van der Waals surface area (Å²) in [6.07, 6.45) is 3.18. The minimum atomic E-state index is -0.165. The molecule has 1 aromatic rings. The van der Waals surface area contributed by atoms with Gasteiger partial charge in [0.05, 0.1) is 0 Å². The maximum atomic E-state index is 11.9. The quantitative estimate of drug-likeness (QED) is 0.333. The standard InChI is InChI=1S/C11H19N5O2/c1-4-16(7-8(2)9(12)14-18)10-11(17)15(3)6-5-13-10/h5-6,8,18H,4,7H2,1-3H3,(H2,12,14). The van der Waals surface area contributed by atoms with Gasteiger partial charge in [-0.3, -0.25) is 4.79 Å². The van der Waals surface area contributed by atoms with Crippen LogP contribution in [0.15, 0.2) is 22.3 Å². The van der Waals surface area contributed by atoms with Crippen LogP contribution in [0.4, 0.5) is 5.82 Å². The fraction of sp³-hybridized carbons (Fsp3) is 0.545. The van der Waals surface area contributed by atoms with Crippen molar-refractivity contribution in [2.45, 2.75) is 13.8 Å². The van der Waals surface area contributed by atoms with E-state index >= 15 is 0 Å². The molecule has 3 N–H and O–H groups in total. The van der Waals surface area contributed by atoms with Crippen molar-refractivity contribution >= 4 is 11.7 Å². The van der Waals surface area contributed by atoms with Gasteiger partial charge >= 0.3 is 0 Å². The van der Waals surface area contributed by atoms with E-state index in [2.05, 4.69) is 10.1 Å². The highest BCUT2D eigenvalue weighted by Gasteiger charge is 2.16. The van der Waals surface area contributed by atoms with Gasteiger partial charge < -0.3 is 20.4 Å². The van der Waals surface area contributed by atoms with E-state index in [-0.39, 0.29) is 17.3 Å². The van der Waals surface area contributed by atoms with Crippen molar-refractivity contribution in [1.82, 2.24) is 9.55 Å². The molecule has 1 heterocycles. The van der Waals surface area contributed by atoms with Gasteiger partial charge in [-0.05, 0) is 6.92 Å². The molecule has 0 bridgehead atoms. The molecule has 1 unspecified atom stereocenters. The van der Waals surface area contributed by atoms with Gasteiger partial charge in [0.15, 0.2) is 5.82 Å². The van der Waals surface area contributed by atoms with Gasteiger partial charge in [0.2, 0.25) is 0 Å². The van der Waals surface area contributed by atoms with Crippen molar-refractivity contribution in [2.75, 3.05) is 18.0 Å². The SMILES string of the molecule is CCN(CC(C)C(N)=NO)c1nccn(C)c1=O. The lowest BCUT2D eigenvalue weighted by molar-refractivity contribution is 0.314. The maximum absolute atomic E-state index is 11.9. The first kappa shape index (κ1) is 14.0. The molecule has 18 heavy (non-hydrogen) atoms. The maximum Gasteiger partial charge on any atom is 0.293 e. The van der Waals surface area contributed by atoms with Crippen molar-refractivity contribution in [1.29, 1.82) is 0 Å². The summed E-state index contributed by atoms with van der Waals surface area (Å²) in [6, 6.07) is 0. The third-order valence-electron chi connectivity index (χ3n) is 2.79. The monoisotopic (exact) mass is 253 g/mol. The Kier molecular flexibility index (Phi) is 4.70. The molecule has 0 saturated carbocycles. The summed E-state index contributed by atoms with van der Waals surface area (Å²) in [4.78, 5) is 17.8. The second-order valence-corrected chi connectivity index (χ2v) is 4.13. The second kappa shape index (κ2) is 6.04. The zero-order valence-electron chi connectivity index (χ0n) is 10.9. The van der Waals surface area contributed by atoms with Crippen LogP contribution in [0.2, 0.25) is 0 Å². The Labute approximate surface area is 106 Å². The normalized spacial score (nSPS) is 13.4. The van der Waals surface area contributed by atoms with Gasteiger partial charge in [0.1, 0.15) is 5.84 Å². The number of oxime groups is 1. The van der Waals surface area contributed by atoms with E-state index in [4.69, 9.17) is 10.9 Å². The summed E-state index contributed by atoms with van der Waals surface area (Å²) < 4.78 is 1.47. The number of nitrogens with two attached hydrogens (primary N) is 1. The lowest BCUT2D eigenvalue weighted by Crippen LogP contribution is -2.39. The van der Waals surface area contributed by atoms with Crippen molar-refractivity contribution in [2.24, 2.45) is 23.9 Å². The summed E-state index contributed by atoms with van der Waals surface area (Å²) in [5.41, 5.74) is 5.37. The first-order valence-corrected chi connectivity index (χ1v) is 5.75. The molecule has 1 atom stereocenters. The molecule has 7 nitrogen and oxygen atoms in total. The Hall–Kier alpha value is -2.05. The molecule has 100 valence electrons. The molecule has 0 fully saturated rings. The van der Waals surface area contributed by atoms with Gasteiger partial charge in [-0.2, -0.15) is 0 Å². The number of nitrogens with zero attached hydrogens (tertiary/aromatic N) is 4. The number of aryl methyl sites for hydroxylation is 1. The summed E-state index contributed by atoms with van der Waals surface area (Å²) in [5, 5.41) is 11.6. The highest BCUT2D eigenvalue weighted by Crippen LogP contribution is 2.07. The molecule has 0 spiro atoms. The minimum absolute atomic E-state index is 0.140. The van der Waals surface area contributed by atoms with E-state index in [1.807, 2.05) is 18.7 Å². The van der Waals surface area contributed by atoms with E-state index in [1.54, 1.807) is 19.4 Å². The topological polar surface area (TPSA) is 96.7 Å². The van der Waals surface area contributed by atoms with Gasteiger partial charge in [-0.15, -0.1) is 0 Å². The predicted octanol–water partition coefficient (Wildman–Crippen LogP) is -0.0109. The second-order valence-electron chi connectivity index (χ2n) is 4.13. The number of amidine groups is 1. The van der Waals surface area contributed by atoms with Crippen LogP contribution in [0, 0.1) is 5.92 Å². The van der Waals surface area contributed by atoms with Crippen LogP contribution in [0.3, 0.4) is 0 Å². The number of hydrogen-bond donors (Lipinski definition) is 2. The molecule has 0 radical (unpaired) electrons. The average Bonchev–Trinajstić information content (AvgIpc) is 2.38. The van der Waals surface area contributed by atoms with E-state index in [9.17, 15) is 4.79 Å². The van der Waals surface area contributed by atoms with E-state index in [1.165, 1.54) is 4.57 Å². The van der Waals surface area contributed by atoms with Gasteiger partial charge in [0.25, 0.3) is 5.56 Å². The Morgan fingerprint density at radius 2 is 2.39 bits per heavy atom. The molecule has 7 heteroatoms. The Bertz CT molecular complexity index is 483. The van der Waals surface area contributed by atoms with E-state index in [0.717, 1.165) is 0 Å². The number of rotatable bonds is 5. The van der Waals surface area contributed by atoms with Crippen LogP contribution in [0.25, 0.3) is 0 Å². The third kappa shape index (κ3) is 2.99. The number of aromatic nitrogens is 2. The van der Waals surface area contributed by atoms with Crippen LogP contribution in [0.5, 0.6) is 0 Å². The molecule has 0 aliphatic heterocycles. The molecule has 0 aromatic carbocycles. The Morgan fingerprint density at radius 3 is 2.94 bits per heavy atom. The van der Waals surface area contributed by atoms with Crippen LogP contribution < -0.4 is 16.2 Å². The lowest BCUT2D eigenvalue weighted by Gasteiger charge is -2.24. The predicted molar refractivity (Wildman–Crippen MR) is 69.9 cm³/mol. The summed E-state index contributed by atoms with van der Waals surface area (Å²) >= 11 is 0. The van der Waals surface area contributed by atoms with Crippen LogP contribution in [-0.2, 0) is 7.05 Å². The zero-order chi connectivity index (χ0) is 13.7. The Balaban J connectivity index is 2.97. The van der Waals surface area contributed by atoms with Crippen molar-refractivity contribution in [3.8, 4) is 0 Å². The van der Waals surface area contributed by atoms with Crippen molar-refractivity contribution in [3.63, 3.8) is 0 Å². The smallest absolute Gasteiger partial charge is 0.293 e. The van der Waals surface area contributed by atoms with Crippen LogP contribution in [-0.4, -0.2) is 33.7 Å². The number of hydrogen-bond acceptors (Lipinski definition) is 5. The average molecular weight is 253 g/mol. The van der Waals surface area contributed by atoms with Gasteiger partial charge in [0, 0.05) is 38.4 Å². The molecule has 0 aliphatic carbocycles. The summed E-state index contributed by atoms with van der Waals surface area (Å²) in [5.74, 6) is 0.350. The molecule has 0 saturated heterocycles. The molecule has 1 rings (SSSR count). The number of anilines is 1. The fourth-order valence-corrected chi connectivity index (χ4v) is 1.59.